The Morgan fingerprint density at radius 2 is 2.08 bits per heavy atom. The SMILES string of the molecule is N#Cc1ccc2c3c1O[C@H]1C4(CC[C@H]5[C@@H](C2)NCC[C@@]351)OCCO4. The Hall–Kier alpha value is -1.61. The van der Waals surface area contributed by atoms with E-state index in [1.54, 1.807) is 0 Å². The van der Waals surface area contributed by atoms with Gasteiger partial charge in [-0.2, -0.15) is 5.26 Å². The van der Waals surface area contributed by atoms with Crippen LogP contribution in [0.25, 0.3) is 0 Å². The average Bonchev–Trinajstić information content (AvgIpc) is 3.19. The van der Waals surface area contributed by atoms with E-state index in [0.29, 0.717) is 30.7 Å². The van der Waals surface area contributed by atoms with E-state index in [-0.39, 0.29) is 11.5 Å². The quantitative estimate of drug-likeness (QED) is 0.786. The number of nitrogens with zero attached hydrogens (tertiary/aromatic N) is 1. The maximum absolute atomic E-state index is 9.58. The van der Waals surface area contributed by atoms with Crippen molar-refractivity contribution in [1.29, 1.82) is 5.26 Å². The number of piperidine rings is 1. The van der Waals surface area contributed by atoms with Gasteiger partial charge in [-0.05, 0) is 43.4 Å². The van der Waals surface area contributed by atoms with Crippen molar-refractivity contribution in [1.82, 2.24) is 5.32 Å². The van der Waals surface area contributed by atoms with Crippen LogP contribution in [0.4, 0.5) is 0 Å². The second-order valence-corrected chi connectivity index (χ2v) is 7.80. The molecule has 2 bridgehead atoms. The summed E-state index contributed by atoms with van der Waals surface area (Å²) in [7, 11) is 0. The highest BCUT2D eigenvalue weighted by atomic mass is 16.8. The Balaban J connectivity index is 1.64. The molecule has 3 aliphatic heterocycles. The van der Waals surface area contributed by atoms with Crippen LogP contribution >= 0.6 is 0 Å². The lowest BCUT2D eigenvalue weighted by Gasteiger charge is -2.58. The number of hydrogen-bond acceptors (Lipinski definition) is 5. The maximum atomic E-state index is 9.58. The fourth-order valence-corrected chi connectivity index (χ4v) is 6.30. The molecule has 2 saturated heterocycles. The number of nitriles is 1. The van der Waals surface area contributed by atoms with E-state index in [2.05, 4.69) is 17.5 Å². The van der Waals surface area contributed by atoms with E-state index in [4.69, 9.17) is 14.2 Å². The molecule has 0 radical (unpaired) electrons. The van der Waals surface area contributed by atoms with E-state index in [9.17, 15) is 5.26 Å². The molecule has 1 N–H and O–H groups in total. The molecule has 24 heavy (non-hydrogen) atoms. The standard InChI is InChI=1S/C19H20N2O3/c20-10-12-2-1-11-9-14-13-3-4-19(22-7-8-23-19)17-18(13,5-6-21-14)15(11)16(12)24-17/h1-2,13-14,17,21H,3-9H2/t13-,14+,17+,18-/m0/s1. The molecule has 0 amide bonds. The van der Waals surface area contributed by atoms with Crippen LogP contribution in [0.2, 0.25) is 0 Å². The van der Waals surface area contributed by atoms with Gasteiger partial charge in [-0.3, -0.25) is 0 Å². The molecule has 5 nitrogen and oxygen atoms in total. The molecule has 3 fully saturated rings. The highest BCUT2D eigenvalue weighted by Gasteiger charge is 2.70. The van der Waals surface area contributed by atoms with Crippen molar-refractivity contribution in [3.63, 3.8) is 0 Å². The van der Waals surface area contributed by atoms with Gasteiger partial charge >= 0.3 is 0 Å². The van der Waals surface area contributed by atoms with Crippen LogP contribution in [-0.4, -0.2) is 37.7 Å². The predicted octanol–water partition coefficient (Wildman–Crippen LogP) is 1.63. The lowest BCUT2D eigenvalue weighted by Crippen LogP contribution is -2.69. The first kappa shape index (κ1) is 13.7. The van der Waals surface area contributed by atoms with Gasteiger partial charge in [0.15, 0.2) is 6.10 Å². The van der Waals surface area contributed by atoms with E-state index in [0.717, 1.165) is 38.0 Å². The molecule has 2 aliphatic carbocycles. The third kappa shape index (κ3) is 1.35. The van der Waals surface area contributed by atoms with Gasteiger partial charge in [0.25, 0.3) is 0 Å². The number of ether oxygens (including phenoxy) is 3. The van der Waals surface area contributed by atoms with Crippen molar-refractivity contribution >= 4 is 0 Å². The molecular weight excluding hydrogens is 304 g/mol. The van der Waals surface area contributed by atoms with E-state index < -0.39 is 5.79 Å². The molecule has 1 aromatic carbocycles. The smallest absolute Gasteiger partial charge is 0.206 e. The van der Waals surface area contributed by atoms with Gasteiger partial charge in [0.05, 0.1) is 18.8 Å². The summed E-state index contributed by atoms with van der Waals surface area (Å²) in [5, 5.41) is 13.3. The van der Waals surface area contributed by atoms with Crippen LogP contribution in [0.1, 0.15) is 36.0 Å². The molecule has 6 rings (SSSR count). The van der Waals surface area contributed by atoms with Crippen LogP contribution in [-0.2, 0) is 21.3 Å². The van der Waals surface area contributed by atoms with Crippen molar-refractivity contribution in [3.05, 3.63) is 28.8 Å². The second-order valence-electron chi connectivity index (χ2n) is 7.80. The highest BCUT2D eigenvalue weighted by molar-refractivity contribution is 5.61. The first-order chi connectivity index (χ1) is 11.8. The molecule has 0 aromatic heterocycles. The maximum Gasteiger partial charge on any atom is 0.206 e. The molecule has 5 aliphatic rings. The topological polar surface area (TPSA) is 63.5 Å². The average molecular weight is 324 g/mol. The predicted molar refractivity (Wildman–Crippen MR) is 84.7 cm³/mol. The Kier molecular flexibility index (Phi) is 2.46. The molecule has 5 heteroatoms. The van der Waals surface area contributed by atoms with Gasteiger partial charge in [0.1, 0.15) is 11.8 Å². The third-order valence-electron chi connectivity index (χ3n) is 7.05. The van der Waals surface area contributed by atoms with Gasteiger partial charge in [-0.25, -0.2) is 0 Å². The fourth-order valence-electron chi connectivity index (χ4n) is 6.30. The Morgan fingerprint density at radius 1 is 1.21 bits per heavy atom. The molecule has 0 unspecified atom stereocenters. The van der Waals surface area contributed by atoms with Crippen LogP contribution in [0, 0.1) is 17.2 Å². The van der Waals surface area contributed by atoms with Gasteiger partial charge in [-0.1, -0.05) is 6.07 Å². The summed E-state index contributed by atoms with van der Waals surface area (Å²) in [6, 6.07) is 6.88. The summed E-state index contributed by atoms with van der Waals surface area (Å²) in [5.41, 5.74) is 3.23. The normalized spacial score (nSPS) is 40.0. The Bertz CT molecular complexity index is 780. The monoisotopic (exact) mass is 324 g/mol. The summed E-state index contributed by atoms with van der Waals surface area (Å²) in [5.74, 6) is 0.724. The Morgan fingerprint density at radius 3 is 2.92 bits per heavy atom. The third-order valence-corrected chi connectivity index (χ3v) is 7.05. The number of nitrogens with one attached hydrogen (secondary N) is 1. The lowest BCUT2D eigenvalue weighted by molar-refractivity contribution is -0.256. The van der Waals surface area contributed by atoms with Crippen molar-refractivity contribution in [3.8, 4) is 11.8 Å². The van der Waals surface area contributed by atoms with Gasteiger partial charge in [0, 0.05) is 23.4 Å². The number of fused-ring (bicyclic) bond motifs is 1. The van der Waals surface area contributed by atoms with Crippen LogP contribution < -0.4 is 10.1 Å². The molecular formula is C19H20N2O3. The summed E-state index contributed by atoms with van der Waals surface area (Å²) in [6.07, 6.45) is 3.91. The van der Waals surface area contributed by atoms with Gasteiger partial charge in [0.2, 0.25) is 5.79 Å². The first-order valence-electron chi connectivity index (χ1n) is 9.03. The minimum Gasteiger partial charge on any atom is -0.482 e. The molecule has 1 aromatic rings. The van der Waals surface area contributed by atoms with Crippen molar-refractivity contribution in [2.45, 2.75) is 49.0 Å². The summed E-state index contributed by atoms with van der Waals surface area (Å²) in [4.78, 5) is 0. The van der Waals surface area contributed by atoms with Crippen LogP contribution in [0.5, 0.6) is 5.75 Å². The number of benzene rings is 1. The van der Waals surface area contributed by atoms with E-state index in [1.807, 2.05) is 6.07 Å². The van der Waals surface area contributed by atoms with Crippen LogP contribution in [0.3, 0.4) is 0 Å². The molecule has 1 saturated carbocycles. The summed E-state index contributed by atoms with van der Waals surface area (Å²) < 4.78 is 18.8. The number of rotatable bonds is 0. The van der Waals surface area contributed by atoms with Crippen molar-refractivity contribution in [2.24, 2.45) is 5.92 Å². The molecule has 2 spiro atoms. The zero-order chi connectivity index (χ0) is 15.9. The highest BCUT2D eigenvalue weighted by Crippen LogP contribution is 2.64. The summed E-state index contributed by atoms with van der Waals surface area (Å²) >= 11 is 0. The van der Waals surface area contributed by atoms with Gasteiger partial charge < -0.3 is 19.5 Å². The van der Waals surface area contributed by atoms with E-state index >= 15 is 0 Å². The zero-order valence-corrected chi connectivity index (χ0v) is 13.5. The van der Waals surface area contributed by atoms with Crippen molar-refractivity contribution in [2.75, 3.05) is 19.8 Å². The van der Waals surface area contributed by atoms with Gasteiger partial charge in [-0.15, -0.1) is 0 Å². The van der Waals surface area contributed by atoms with Crippen molar-refractivity contribution < 1.29 is 14.2 Å². The molecule has 124 valence electrons. The zero-order valence-electron chi connectivity index (χ0n) is 13.5. The van der Waals surface area contributed by atoms with E-state index in [1.165, 1.54) is 11.1 Å². The minimum absolute atomic E-state index is 0.0612. The lowest BCUT2D eigenvalue weighted by atomic mass is 9.51. The number of hydrogen-bond donors (Lipinski definition) is 1. The molecule has 3 heterocycles. The Labute approximate surface area is 140 Å². The molecule has 4 atom stereocenters. The largest absolute Gasteiger partial charge is 0.482 e. The summed E-state index contributed by atoms with van der Waals surface area (Å²) in [6.45, 7) is 2.26. The second kappa shape index (κ2) is 4.32. The minimum atomic E-state index is -0.626. The fraction of sp³-hybridized carbons (Fsp3) is 0.632. The van der Waals surface area contributed by atoms with Crippen LogP contribution in [0.15, 0.2) is 12.1 Å². The first-order valence-corrected chi connectivity index (χ1v) is 9.03.